The maximum Gasteiger partial charge on any atom is 0.416 e. The fourth-order valence-corrected chi connectivity index (χ4v) is 3.33. The molecule has 3 aromatic rings. The lowest BCUT2D eigenvalue weighted by molar-refractivity contribution is -0.137. The Morgan fingerprint density at radius 1 is 1.04 bits per heavy atom. The molecule has 2 heterocycles. The topological polar surface area (TPSA) is 22.1 Å². The van der Waals surface area contributed by atoms with Gasteiger partial charge in [-0.15, -0.1) is 11.3 Å². The lowest BCUT2D eigenvalue weighted by Gasteiger charge is -2.07. The number of alkyl halides is 3. The summed E-state index contributed by atoms with van der Waals surface area (Å²) in [4.78, 5) is 5.62. The van der Waals surface area contributed by atoms with Crippen LogP contribution in [0, 0.1) is 0 Å². The molecule has 0 N–H and O–H groups in total. The van der Waals surface area contributed by atoms with Gasteiger partial charge in [0.15, 0.2) is 0 Å². The molecule has 0 aliphatic carbocycles. The van der Waals surface area contributed by atoms with E-state index in [2.05, 4.69) is 4.98 Å². The maximum absolute atomic E-state index is 12.9. The first-order valence-electron chi connectivity index (χ1n) is 6.75. The zero-order chi connectivity index (χ0) is 16.4. The molecular weight excluding hydrogens is 323 g/mol. The normalized spacial score (nSPS) is 11.5. The standard InChI is InChI=1S/C17H12F3NOS/c1-22-14-9-15(23-16(14)12-5-3-7-21-10-12)11-4-2-6-13(8-11)17(18,19)20/h2-10H,1H3. The molecule has 0 atom stereocenters. The van der Waals surface area contributed by atoms with Crippen LogP contribution in [0.2, 0.25) is 0 Å². The van der Waals surface area contributed by atoms with Gasteiger partial charge in [0, 0.05) is 22.8 Å². The van der Waals surface area contributed by atoms with Crippen molar-refractivity contribution in [1.29, 1.82) is 0 Å². The van der Waals surface area contributed by atoms with Crippen LogP contribution < -0.4 is 4.74 Å². The molecule has 2 nitrogen and oxygen atoms in total. The highest BCUT2D eigenvalue weighted by Crippen LogP contribution is 2.43. The highest BCUT2D eigenvalue weighted by Gasteiger charge is 2.30. The molecule has 6 heteroatoms. The minimum Gasteiger partial charge on any atom is -0.495 e. The lowest BCUT2D eigenvalue weighted by Crippen LogP contribution is -2.04. The highest BCUT2D eigenvalue weighted by atomic mass is 32.1. The Balaban J connectivity index is 2.07. The van der Waals surface area contributed by atoms with Crippen molar-refractivity contribution in [3.63, 3.8) is 0 Å². The summed E-state index contributed by atoms with van der Waals surface area (Å²) in [5.74, 6) is 0.621. The molecular formula is C17H12F3NOS. The van der Waals surface area contributed by atoms with Crippen molar-refractivity contribution in [2.75, 3.05) is 7.11 Å². The Labute approximate surface area is 135 Å². The van der Waals surface area contributed by atoms with Crippen LogP contribution in [-0.4, -0.2) is 12.1 Å². The zero-order valence-electron chi connectivity index (χ0n) is 12.1. The van der Waals surface area contributed by atoms with Crippen molar-refractivity contribution in [2.45, 2.75) is 6.18 Å². The molecule has 0 saturated heterocycles. The average Bonchev–Trinajstić information content (AvgIpc) is 2.99. The quantitative estimate of drug-likeness (QED) is 0.630. The number of hydrogen-bond donors (Lipinski definition) is 0. The number of hydrogen-bond acceptors (Lipinski definition) is 3. The van der Waals surface area contributed by atoms with E-state index in [1.165, 1.54) is 24.5 Å². The van der Waals surface area contributed by atoms with Crippen molar-refractivity contribution in [2.24, 2.45) is 0 Å². The van der Waals surface area contributed by atoms with E-state index in [4.69, 9.17) is 4.74 Å². The second-order valence-electron chi connectivity index (χ2n) is 4.83. The van der Waals surface area contributed by atoms with Crippen LogP contribution in [0.15, 0.2) is 54.9 Å². The molecule has 1 aromatic carbocycles. The van der Waals surface area contributed by atoms with Crippen LogP contribution >= 0.6 is 11.3 Å². The first-order valence-corrected chi connectivity index (χ1v) is 7.56. The Morgan fingerprint density at radius 2 is 1.83 bits per heavy atom. The van der Waals surface area contributed by atoms with Gasteiger partial charge in [-0.2, -0.15) is 13.2 Å². The van der Waals surface area contributed by atoms with Gasteiger partial charge in [-0.25, -0.2) is 0 Å². The summed E-state index contributed by atoms with van der Waals surface area (Å²) in [5.41, 5.74) is 0.719. The van der Waals surface area contributed by atoms with Gasteiger partial charge in [-0.3, -0.25) is 4.98 Å². The van der Waals surface area contributed by atoms with E-state index in [1.807, 2.05) is 6.07 Å². The van der Waals surface area contributed by atoms with Crippen molar-refractivity contribution in [3.05, 3.63) is 60.4 Å². The molecule has 0 bridgehead atoms. The molecule has 0 radical (unpaired) electrons. The van der Waals surface area contributed by atoms with Crippen molar-refractivity contribution in [3.8, 4) is 26.6 Å². The minimum absolute atomic E-state index is 0.512. The zero-order valence-corrected chi connectivity index (χ0v) is 12.9. The van der Waals surface area contributed by atoms with Crippen LogP contribution in [0.3, 0.4) is 0 Å². The molecule has 0 fully saturated rings. The summed E-state index contributed by atoms with van der Waals surface area (Å²) in [6.45, 7) is 0. The number of aromatic nitrogens is 1. The average molecular weight is 335 g/mol. The summed E-state index contributed by atoms with van der Waals surface area (Å²) in [5, 5.41) is 0. The number of benzene rings is 1. The Kier molecular flexibility index (Phi) is 4.09. The predicted molar refractivity (Wildman–Crippen MR) is 84.5 cm³/mol. The van der Waals surface area contributed by atoms with E-state index < -0.39 is 11.7 Å². The van der Waals surface area contributed by atoms with Crippen molar-refractivity contribution >= 4 is 11.3 Å². The van der Waals surface area contributed by atoms with E-state index in [9.17, 15) is 13.2 Å². The smallest absolute Gasteiger partial charge is 0.416 e. The Hall–Kier alpha value is -2.34. The minimum atomic E-state index is -4.36. The van der Waals surface area contributed by atoms with Gasteiger partial charge in [0.25, 0.3) is 0 Å². The van der Waals surface area contributed by atoms with Crippen LogP contribution in [0.1, 0.15) is 5.56 Å². The number of rotatable bonds is 3. The maximum atomic E-state index is 12.9. The van der Waals surface area contributed by atoms with Gasteiger partial charge < -0.3 is 4.74 Å². The van der Waals surface area contributed by atoms with Crippen molar-refractivity contribution < 1.29 is 17.9 Å². The molecule has 0 aliphatic heterocycles. The molecule has 23 heavy (non-hydrogen) atoms. The summed E-state index contributed by atoms with van der Waals surface area (Å²) in [6.07, 6.45) is -0.995. The summed E-state index contributed by atoms with van der Waals surface area (Å²) in [7, 11) is 1.54. The molecule has 0 saturated carbocycles. The molecule has 0 amide bonds. The van der Waals surface area contributed by atoms with Crippen LogP contribution in [0.4, 0.5) is 13.2 Å². The molecule has 2 aromatic heterocycles. The van der Waals surface area contributed by atoms with Gasteiger partial charge >= 0.3 is 6.18 Å². The van der Waals surface area contributed by atoms with E-state index >= 15 is 0 Å². The third-order valence-electron chi connectivity index (χ3n) is 3.32. The monoisotopic (exact) mass is 335 g/mol. The number of nitrogens with zero attached hydrogens (tertiary/aromatic N) is 1. The predicted octanol–water partition coefficient (Wildman–Crippen LogP) is 5.50. The van der Waals surface area contributed by atoms with E-state index in [-0.39, 0.29) is 0 Å². The van der Waals surface area contributed by atoms with E-state index in [0.29, 0.717) is 16.2 Å². The first-order chi connectivity index (χ1) is 11.0. The second kappa shape index (κ2) is 6.04. The SMILES string of the molecule is COc1cc(-c2cccc(C(F)(F)F)c2)sc1-c1cccnc1. The number of ether oxygens (including phenoxy) is 1. The number of methoxy groups -OCH3 is 1. The molecule has 118 valence electrons. The molecule has 0 aliphatic rings. The fraction of sp³-hybridized carbons (Fsp3) is 0.118. The highest BCUT2D eigenvalue weighted by molar-refractivity contribution is 7.19. The van der Waals surface area contributed by atoms with Gasteiger partial charge in [0.1, 0.15) is 5.75 Å². The van der Waals surface area contributed by atoms with E-state index in [0.717, 1.165) is 22.6 Å². The van der Waals surface area contributed by atoms with Crippen molar-refractivity contribution in [1.82, 2.24) is 4.98 Å². The van der Waals surface area contributed by atoms with Crippen LogP contribution in [0.25, 0.3) is 20.9 Å². The van der Waals surface area contributed by atoms with Gasteiger partial charge in [0.2, 0.25) is 0 Å². The number of thiophene rings is 1. The van der Waals surface area contributed by atoms with Gasteiger partial charge in [0.05, 0.1) is 17.6 Å². The fourth-order valence-electron chi connectivity index (χ4n) is 2.22. The number of halogens is 3. The van der Waals surface area contributed by atoms with E-state index in [1.54, 1.807) is 30.6 Å². The van der Waals surface area contributed by atoms with Gasteiger partial charge in [-0.1, -0.05) is 18.2 Å². The number of pyridine rings is 1. The van der Waals surface area contributed by atoms with Gasteiger partial charge in [-0.05, 0) is 29.8 Å². The first kappa shape index (κ1) is 15.6. The summed E-state index contributed by atoms with van der Waals surface area (Å²) < 4.78 is 44.0. The molecule has 3 rings (SSSR count). The van der Waals surface area contributed by atoms with Crippen LogP contribution in [-0.2, 0) is 6.18 Å². The molecule has 0 spiro atoms. The Morgan fingerprint density at radius 3 is 2.48 bits per heavy atom. The largest absolute Gasteiger partial charge is 0.495 e. The Bertz CT molecular complexity index is 812. The second-order valence-corrected chi connectivity index (χ2v) is 5.88. The third kappa shape index (κ3) is 3.22. The summed E-state index contributed by atoms with van der Waals surface area (Å²) in [6, 6.07) is 10.7. The van der Waals surface area contributed by atoms with Crippen LogP contribution in [0.5, 0.6) is 5.75 Å². The lowest BCUT2D eigenvalue weighted by atomic mass is 10.1. The third-order valence-corrected chi connectivity index (χ3v) is 4.53. The summed E-state index contributed by atoms with van der Waals surface area (Å²) >= 11 is 1.38. The molecule has 0 unspecified atom stereocenters.